The molecule has 0 fully saturated rings. The van der Waals surface area contributed by atoms with Gasteiger partial charge in [0.2, 0.25) is 0 Å². The number of benzene rings is 2. The summed E-state index contributed by atoms with van der Waals surface area (Å²) in [5, 5.41) is 10.7. The van der Waals surface area contributed by atoms with Gasteiger partial charge in [-0.1, -0.05) is 55.5 Å². The van der Waals surface area contributed by atoms with Crippen LogP contribution in [0.15, 0.2) is 48.5 Å². The Morgan fingerprint density at radius 3 is 2.26 bits per heavy atom. The molecule has 2 rings (SSSR count). The van der Waals surface area contributed by atoms with Crippen LogP contribution in [0.25, 0.3) is 0 Å². The van der Waals surface area contributed by atoms with Crippen molar-refractivity contribution in [2.75, 3.05) is 0 Å². The molecule has 0 saturated carbocycles. The van der Waals surface area contributed by atoms with Gasteiger partial charge in [-0.05, 0) is 42.5 Å². The van der Waals surface area contributed by atoms with E-state index >= 15 is 0 Å². The third kappa shape index (κ3) is 2.87. The number of aliphatic hydroxyl groups is 1. The highest BCUT2D eigenvalue weighted by Crippen LogP contribution is 2.35. The Morgan fingerprint density at radius 1 is 0.947 bits per heavy atom. The highest BCUT2D eigenvalue weighted by atomic mass is 16.3. The normalized spacial score (nSPS) is 14.1. The Morgan fingerprint density at radius 2 is 1.63 bits per heavy atom. The fraction of sp³-hybridized carbons (Fsp3) is 0.333. The summed E-state index contributed by atoms with van der Waals surface area (Å²) in [6.45, 7) is 6.31. The molecule has 19 heavy (non-hydrogen) atoms. The fourth-order valence-electron chi connectivity index (χ4n) is 2.65. The predicted molar refractivity (Wildman–Crippen MR) is 80.3 cm³/mol. The minimum Gasteiger partial charge on any atom is -0.388 e. The zero-order chi connectivity index (χ0) is 13.8. The first-order valence-corrected chi connectivity index (χ1v) is 6.94. The first-order valence-electron chi connectivity index (χ1n) is 6.94. The van der Waals surface area contributed by atoms with Crippen LogP contribution in [0.2, 0.25) is 0 Å². The fourth-order valence-corrected chi connectivity index (χ4v) is 2.65. The summed E-state index contributed by atoms with van der Waals surface area (Å²) < 4.78 is 0. The number of hydrogen-bond donors (Lipinski definition) is 1. The van der Waals surface area contributed by atoms with Gasteiger partial charge in [0.1, 0.15) is 0 Å². The summed E-state index contributed by atoms with van der Waals surface area (Å²) in [6.07, 6.45) is 0.491. The maximum Gasteiger partial charge on any atom is 0.0861 e. The van der Waals surface area contributed by atoms with Gasteiger partial charge in [-0.25, -0.2) is 0 Å². The van der Waals surface area contributed by atoms with Gasteiger partial charge in [-0.2, -0.15) is 0 Å². The first kappa shape index (κ1) is 13.8. The number of rotatable bonds is 4. The monoisotopic (exact) mass is 254 g/mol. The second-order valence-corrected chi connectivity index (χ2v) is 5.16. The maximum atomic E-state index is 10.7. The lowest BCUT2D eigenvalue weighted by atomic mass is 9.85. The summed E-state index contributed by atoms with van der Waals surface area (Å²) in [4.78, 5) is 0. The average Bonchev–Trinajstić information content (AvgIpc) is 2.44. The van der Waals surface area contributed by atoms with Crippen LogP contribution < -0.4 is 0 Å². The van der Waals surface area contributed by atoms with Crippen LogP contribution in [0.5, 0.6) is 0 Å². The van der Waals surface area contributed by atoms with E-state index in [9.17, 15) is 5.11 Å². The lowest BCUT2D eigenvalue weighted by molar-refractivity contribution is 0.142. The standard InChI is InChI=1S/C18H22O/c1-4-16(15-10-6-5-7-11-15)18(19)17-12-8-9-13(2)14(17)3/h5-12,16,18-19H,4H2,1-3H3. The molecular weight excluding hydrogens is 232 g/mol. The zero-order valence-electron chi connectivity index (χ0n) is 11.9. The minimum absolute atomic E-state index is 0.154. The van der Waals surface area contributed by atoms with Crippen molar-refractivity contribution in [3.8, 4) is 0 Å². The lowest BCUT2D eigenvalue weighted by Crippen LogP contribution is -2.12. The molecule has 2 aromatic carbocycles. The van der Waals surface area contributed by atoms with Crippen LogP contribution in [-0.4, -0.2) is 5.11 Å². The molecule has 0 radical (unpaired) electrons. The van der Waals surface area contributed by atoms with Crippen LogP contribution in [0.4, 0.5) is 0 Å². The van der Waals surface area contributed by atoms with Gasteiger partial charge in [0.15, 0.2) is 0 Å². The maximum absolute atomic E-state index is 10.7. The van der Waals surface area contributed by atoms with Crippen molar-refractivity contribution in [1.82, 2.24) is 0 Å². The van der Waals surface area contributed by atoms with Gasteiger partial charge in [0.05, 0.1) is 6.10 Å². The highest BCUT2D eigenvalue weighted by molar-refractivity contribution is 5.36. The molecule has 1 nitrogen and oxygen atoms in total. The molecular formula is C18H22O. The molecule has 0 spiro atoms. The Hall–Kier alpha value is -1.60. The number of aliphatic hydroxyl groups excluding tert-OH is 1. The van der Waals surface area contributed by atoms with Gasteiger partial charge < -0.3 is 5.11 Å². The Balaban J connectivity index is 2.36. The third-order valence-corrected chi connectivity index (χ3v) is 4.01. The molecule has 2 unspecified atom stereocenters. The zero-order valence-corrected chi connectivity index (χ0v) is 11.9. The molecule has 2 atom stereocenters. The van der Waals surface area contributed by atoms with E-state index in [2.05, 4.69) is 39.0 Å². The second-order valence-electron chi connectivity index (χ2n) is 5.16. The minimum atomic E-state index is -0.438. The van der Waals surface area contributed by atoms with Crippen LogP contribution in [0.3, 0.4) is 0 Å². The van der Waals surface area contributed by atoms with E-state index in [0.29, 0.717) is 0 Å². The van der Waals surface area contributed by atoms with Gasteiger partial charge in [-0.15, -0.1) is 0 Å². The molecule has 0 heterocycles. The van der Waals surface area contributed by atoms with E-state index in [-0.39, 0.29) is 5.92 Å². The summed E-state index contributed by atoms with van der Waals surface area (Å²) in [7, 11) is 0. The van der Waals surface area contributed by atoms with Gasteiger partial charge in [0, 0.05) is 5.92 Å². The van der Waals surface area contributed by atoms with Gasteiger partial charge in [0.25, 0.3) is 0 Å². The molecule has 100 valence electrons. The third-order valence-electron chi connectivity index (χ3n) is 4.01. The molecule has 0 saturated heterocycles. The van der Waals surface area contributed by atoms with Gasteiger partial charge in [-0.3, -0.25) is 0 Å². The molecule has 0 aromatic heterocycles. The Labute approximate surface area is 115 Å². The van der Waals surface area contributed by atoms with Crippen molar-refractivity contribution in [1.29, 1.82) is 0 Å². The number of hydrogen-bond acceptors (Lipinski definition) is 1. The van der Waals surface area contributed by atoms with Crippen molar-refractivity contribution in [2.45, 2.75) is 39.2 Å². The molecule has 2 aromatic rings. The van der Waals surface area contributed by atoms with Crippen molar-refractivity contribution < 1.29 is 5.11 Å². The van der Waals surface area contributed by atoms with Crippen LogP contribution >= 0.6 is 0 Å². The van der Waals surface area contributed by atoms with Crippen molar-refractivity contribution in [3.63, 3.8) is 0 Å². The predicted octanol–water partition coefficient (Wildman–Crippen LogP) is 4.53. The van der Waals surface area contributed by atoms with E-state index in [1.54, 1.807) is 0 Å². The first-order chi connectivity index (χ1) is 9.15. The largest absolute Gasteiger partial charge is 0.388 e. The Kier molecular flexibility index (Phi) is 4.39. The molecule has 1 N–H and O–H groups in total. The van der Waals surface area contributed by atoms with Crippen LogP contribution in [-0.2, 0) is 0 Å². The summed E-state index contributed by atoms with van der Waals surface area (Å²) in [5.41, 5.74) is 4.69. The molecule has 1 heteroatoms. The van der Waals surface area contributed by atoms with Gasteiger partial charge >= 0.3 is 0 Å². The van der Waals surface area contributed by atoms with E-state index in [0.717, 1.165) is 12.0 Å². The van der Waals surface area contributed by atoms with E-state index in [4.69, 9.17) is 0 Å². The van der Waals surface area contributed by atoms with Crippen molar-refractivity contribution in [2.24, 2.45) is 0 Å². The van der Waals surface area contributed by atoms with Crippen LogP contribution in [0.1, 0.15) is 47.6 Å². The average molecular weight is 254 g/mol. The van der Waals surface area contributed by atoms with E-state index in [1.165, 1.54) is 16.7 Å². The Bertz CT molecular complexity index is 531. The van der Waals surface area contributed by atoms with Crippen molar-refractivity contribution in [3.05, 3.63) is 70.8 Å². The molecule has 0 aliphatic heterocycles. The molecule has 0 amide bonds. The highest BCUT2D eigenvalue weighted by Gasteiger charge is 2.22. The smallest absolute Gasteiger partial charge is 0.0861 e. The summed E-state index contributed by atoms with van der Waals surface area (Å²) in [6, 6.07) is 16.4. The van der Waals surface area contributed by atoms with E-state index < -0.39 is 6.10 Å². The lowest BCUT2D eigenvalue weighted by Gasteiger charge is -2.24. The summed E-state index contributed by atoms with van der Waals surface area (Å²) in [5.74, 6) is 0.154. The SMILES string of the molecule is CCC(c1ccccc1)C(O)c1cccc(C)c1C. The summed E-state index contributed by atoms with van der Waals surface area (Å²) >= 11 is 0. The van der Waals surface area contributed by atoms with E-state index in [1.807, 2.05) is 30.3 Å². The quantitative estimate of drug-likeness (QED) is 0.849. The topological polar surface area (TPSA) is 20.2 Å². The number of aryl methyl sites for hydroxylation is 1. The molecule has 0 bridgehead atoms. The van der Waals surface area contributed by atoms with Crippen LogP contribution in [0, 0.1) is 13.8 Å². The molecule has 0 aliphatic carbocycles. The van der Waals surface area contributed by atoms with Crippen molar-refractivity contribution >= 4 is 0 Å². The second kappa shape index (κ2) is 6.03. The molecule has 0 aliphatic rings.